The van der Waals surface area contributed by atoms with Crippen molar-refractivity contribution in [1.82, 2.24) is 4.90 Å². The number of rotatable bonds is 6. The summed E-state index contributed by atoms with van der Waals surface area (Å²) in [6.45, 7) is 3.84. The molecule has 0 fully saturated rings. The quantitative estimate of drug-likeness (QED) is 0.297. The molecule has 0 saturated carbocycles. The zero-order valence-electron chi connectivity index (χ0n) is 18.3. The Bertz CT molecular complexity index is 1420. The molecule has 2 heterocycles. The SMILES string of the molecule is CCOc1ccccc1Oc1coc2c3c(ccc2c1=O)OCN(Cc1ccc(Cl)cc1Cl)C3. The molecule has 5 rings (SSSR count). The van der Waals surface area contributed by atoms with Crippen LogP contribution in [0, 0.1) is 0 Å². The fourth-order valence-corrected chi connectivity index (χ4v) is 4.40. The highest BCUT2D eigenvalue weighted by atomic mass is 35.5. The Morgan fingerprint density at radius 3 is 2.65 bits per heavy atom. The van der Waals surface area contributed by atoms with Crippen LogP contribution in [0.1, 0.15) is 18.1 Å². The van der Waals surface area contributed by atoms with Crippen LogP contribution in [-0.2, 0) is 13.1 Å². The normalized spacial score (nSPS) is 13.4. The summed E-state index contributed by atoms with van der Waals surface area (Å²) in [7, 11) is 0. The van der Waals surface area contributed by atoms with Gasteiger partial charge in [-0.05, 0) is 48.9 Å². The van der Waals surface area contributed by atoms with Crippen LogP contribution in [0.4, 0.5) is 0 Å². The largest absolute Gasteiger partial charge is 0.490 e. The summed E-state index contributed by atoms with van der Waals surface area (Å²) in [5.41, 5.74) is 1.93. The lowest BCUT2D eigenvalue weighted by Gasteiger charge is -2.29. The molecule has 1 aliphatic heterocycles. The molecule has 0 radical (unpaired) electrons. The van der Waals surface area contributed by atoms with Gasteiger partial charge in [0.2, 0.25) is 11.2 Å². The lowest BCUT2D eigenvalue weighted by Crippen LogP contribution is -2.31. The highest BCUT2D eigenvalue weighted by Gasteiger charge is 2.24. The fourth-order valence-electron chi connectivity index (χ4n) is 3.93. The molecule has 0 saturated heterocycles. The number of nitrogens with zero attached hydrogens (tertiary/aromatic N) is 1. The van der Waals surface area contributed by atoms with Crippen LogP contribution < -0.4 is 19.6 Å². The fraction of sp³-hybridized carbons (Fsp3) is 0.192. The van der Waals surface area contributed by atoms with Gasteiger partial charge in [-0.2, -0.15) is 0 Å². The molecule has 0 N–H and O–H groups in total. The molecular formula is C26H21Cl2NO5. The maximum Gasteiger partial charge on any atom is 0.235 e. The minimum absolute atomic E-state index is 0.0844. The lowest BCUT2D eigenvalue weighted by molar-refractivity contribution is 0.0890. The van der Waals surface area contributed by atoms with Crippen LogP contribution in [0.5, 0.6) is 23.0 Å². The molecule has 4 aromatic rings. The number of para-hydroxylation sites is 2. The topological polar surface area (TPSA) is 61.1 Å². The van der Waals surface area contributed by atoms with E-state index >= 15 is 0 Å². The van der Waals surface area contributed by atoms with Crippen molar-refractivity contribution < 1.29 is 18.6 Å². The monoisotopic (exact) mass is 497 g/mol. The highest BCUT2D eigenvalue weighted by molar-refractivity contribution is 6.35. The van der Waals surface area contributed by atoms with Crippen molar-refractivity contribution in [1.29, 1.82) is 0 Å². The predicted molar refractivity (Wildman–Crippen MR) is 131 cm³/mol. The van der Waals surface area contributed by atoms with Crippen molar-refractivity contribution in [2.24, 2.45) is 0 Å². The number of benzene rings is 3. The second-order valence-corrected chi connectivity index (χ2v) is 8.67. The highest BCUT2D eigenvalue weighted by Crippen LogP contribution is 2.35. The number of fused-ring (bicyclic) bond motifs is 3. The van der Waals surface area contributed by atoms with Gasteiger partial charge >= 0.3 is 0 Å². The van der Waals surface area contributed by atoms with Crippen LogP contribution in [0.15, 0.2) is 70.1 Å². The van der Waals surface area contributed by atoms with Gasteiger partial charge in [-0.3, -0.25) is 9.69 Å². The van der Waals surface area contributed by atoms with Crippen LogP contribution in [-0.4, -0.2) is 18.2 Å². The Hall–Kier alpha value is -3.19. The van der Waals surface area contributed by atoms with Gasteiger partial charge in [0.25, 0.3) is 0 Å². The van der Waals surface area contributed by atoms with Crippen LogP contribution in [0.3, 0.4) is 0 Å². The Morgan fingerprint density at radius 1 is 1.03 bits per heavy atom. The standard InChI is InChI=1S/C26H21Cl2NO5/c1-2-31-22-5-3-4-6-23(22)34-24-14-32-26-18(25(24)30)9-10-21-19(26)13-29(15-33-21)12-16-7-8-17(27)11-20(16)28/h3-11,14H,2,12-13,15H2,1H3. The molecule has 0 aliphatic carbocycles. The average Bonchev–Trinajstić information content (AvgIpc) is 2.84. The first-order chi connectivity index (χ1) is 16.5. The first-order valence-electron chi connectivity index (χ1n) is 10.8. The van der Waals surface area contributed by atoms with Crippen molar-refractivity contribution in [3.05, 3.63) is 92.3 Å². The van der Waals surface area contributed by atoms with Crippen molar-refractivity contribution in [3.8, 4) is 23.0 Å². The smallest absolute Gasteiger partial charge is 0.235 e. The second kappa shape index (κ2) is 9.58. The molecule has 0 spiro atoms. The van der Waals surface area contributed by atoms with Gasteiger partial charge in [0.1, 0.15) is 24.3 Å². The number of ether oxygens (including phenoxy) is 3. The molecule has 1 aliphatic rings. The molecule has 0 bridgehead atoms. The van der Waals surface area contributed by atoms with Crippen LogP contribution in [0.2, 0.25) is 10.0 Å². The Labute approximate surface area is 206 Å². The molecule has 0 amide bonds. The van der Waals surface area contributed by atoms with Gasteiger partial charge in [-0.25, -0.2) is 0 Å². The molecule has 0 atom stereocenters. The summed E-state index contributed by atoms with van der Waals surface area (Å²) in [6.07, 6.45) is 1.34. The van der Waals surface area contributed by atoms with Crippen molar-refractivity contribution in [3.63, 3.8) is 0 Å². The average molecular weight is 498 g/mol. The van der Waals surface area contributed by atoms with E-state index in [1.54, 1.807) is 36.4 Å². The first kappa shape index (κ1) is 22.6. The molecule has 6 nitrogen and oxygen atoms in total. The number of hydrogen-bond acceptors (Lipinski definition) is 6. The zero-order valence-corrected chi connectivity index (χ0v) is 19.9. The third-order valence-corrected chi connectivity index (χ3v) is 6.12. The van der Waals surface area contributed by atoms with Gasteiger partial charge in [-0.1, -0.05) is 41.4 Å². The Balaban J connectivity index is 1.45. The van der Waals surface area contributed by atoms with Crippen molar-refractivity contribution in [2.75, 3.05) is 13.3 Å². The summed E-state index contributed by atoms with van der Waals surface area (Å²) in [4.78, 5) is 15.3. The van der Waals surface area contributed by atoms with E-state index < -0.39 is 0 Å². The van der Waals surface area contributed by atoms with Gasteiger partial charge in [-0.15, -0.1) is 0 Å². The van der Waals surface area contributed by atoms with E-state index in [-0.39, 0.29) is 11.2 Å². The molecule has 174 valence electrons. The van der Waals surface area contributed by atoms with E-state index in [2.05, 4.69) is 4.90 Å². The molecule has 8 heteroatoms. The van der Waals surface area contributed by atoms with Gasteiger partial charge in [0.15, 0.2) is 11.5 Å². The molecule has 0 unspecified atom stereocenters. The third kappa shape index (κ3) is 4.44. The zero-order chi connectivity index (χ0) is 23.7. The Kier molecular flexibility index (Phi) is 6.37. The number of hydrogen-bond donors (Lipinski definition) is 0. The second-order valence-electron chi connectivity index (χ2n) is 7.83. The molecule has 1 aromatic heterocycles. The van der Waals surface area contributed by atoms with Crippen molar-refractivity contribution in [2.45, 2.75) is 20.0 Å². The number of halogens is 2. The molecule has 3 aromatic carbocycles. The van der Waals surface area contributed by atoms with Gasteiger partial charge < -0.3 is 18.6 Å². The van der Waals surface area contributed by atoms with Gasteiger partial charge in [0.05, 0.1) is 17.6 Å². The summed E-state index contributed by atoms with van der Waals surface area (Å²) in [5.74, 6) is 1.77. The minimum Gasteiger partial charge on any atom is -0.490 e. The Morgan fingerprint density at radius 2 is 1.85 bits per heavy atom. The van der Waals surface area contributed by atoms with Crippen molar-refractivity contribution >= 4 is 34.2 Å². The summed E-state index contributed by atoms with van der Waals surface area (Å²) >= 11 is 12.4. The summed E-state index contributed by atoms with van der Waals surface area (Å²) in [6, 6.07) is 16.1. The van der Waals surface area contributed by atoms with E-state index in [0.717, 1.165) is 11.1 Å². The summed E-state index contributed by atoms with van der Waals surface area (Å²) < 4.78 is 23.3. The maximum absolute atomic E-state index is 13.2. The van der Waals surface area contributed by atoms with Gasteiger partial charge in [0, 0.05) is 23.1 Å². The van der Waals surface area contributed by atoms with E-state index in [1.807, 2.05) is 25.1 Å². The molecule has 34 heavy (non-hydrogen) atoms. The maximum atomic E-state index is 13.2. The minimum atomic E-state index is -0.270. The third-order valence-electron chi connectivity index (χ3n) is 5.53. The lowest BCUT2D eigenvalue weighted by atomic mass is 10.1. The van der Waals surface area contributed by atoms with Crippen LogP contribution in [0.25, 0.3) is 11.0 Å². The van der Waals surface area contributed by atoms with Crippen LogP contribution >= 0.6 is 23.2 Å². The molecular weight excluding hydrogens is 477 g/mol. The van der Waals surface area contributed by atoms with E-state index in [1.165, 1.54) is 6.26 Å². The van der Waals surface area contributed by atoms with E-state index in [9.17, 15) is 4.79 Å². The predicted octanol–water partition coefficient (Wildman–Crippen LogP) is 6.64. The van der Waals surface area contributed by atoms with E-state index in [4.69, 9.17) is 41.8 Å². The van der Waals surface area contributed by atoms with E-state index in [0.29, 0.717) is 64.7 Å². The summed E-state index contributed by atoms with van der Waals surface area (Å²) in [5, 5.41) is 1.60. The first-order valence-corrected chi connectivity index (χ1v) is 11.5.